The first-order valence-electron chi connectivity index (χ1n) is 15.4. The Kier molecular flexibility index (Phi) is 22.3. The van der Waals surface area contributed by atoms with Crippen molar-refractivity contribution in [2.24, 2.45) is 0 Å². The predicted molar refractivity (Wildman–Crippen MR) is 161 cm³/mol. The molecule has 234 valence electrons. The molecule has 2 atom stereocenters. The van der Waals surface area contributed by atoms with E-state index in [1.165, 1.54) is 114 Å². The van der Waals surface area contributed by atoms with Gasteiger partial charge in [0.05, 0.1) is 32.5 Å². The number of aromatic nitrogens is 2. The normalized spacial score (nSPS) is 13.9. The summed E-state index contributed by atoms with van der Waals surface area (Å²) in [5.41, 5.74) is 4.97. The average molecular weight is 590 g/mol. The van der Waals surface area contributed by atoms with Gasteiger partial charge in [-0.1, -0.05) is 103 Å². The van der Waals surface area contributed by atoms with E-state index < -0.39 is 25.7 Å². The van der Waals surface area contributed by atoms with Crippen molar-refractivity contribution in [2.45, 2.75) is 122 Å². The van der Waals surface area contributed by atoms with Crippen molar-refractivity contribution >= 4 is 13.4 Å². The second-order valence-electron chi connectivity index (χ2n) is 10.5. The molecule has 0 spiro atoms. The summed E-state index contributed by atoms with van der Waals surface area (Å²) in [6.45, 7) is 3.36. The van der Waals surface area contributed by atoms with Crippen LogP contribution in [0.15, 0.2) is 17.1 Å². The fourth-order valence-corrected chi connectivity index (χ4v) is 5.30. The van der Waals surface area contributed by atoms with Crippen LogP contribution in [0.5, 0.6) is 0 Å². The van der Waals surface area contributed by atoms with Crippen LogP contribution in [0.25, 0.3) is 0 Å². The zero-order valence-corrected chi connectivity index (χ0v) is 26.0. The summed E-state index contributed by atoms with van der Waals surface area (Å²) in [6, 6.07) is 1.49. The highest BCUT2D eigenvalue weighted by atomic mass is 31.2. The molecule has 1 rings (SSSR count). The molecule has 3 N–H and O–H groups in total. The van der Waals surface area contributed by atoms with Gasteiger partial charge in [-0.05, 0) is 12.5 Å². The number of ether oxygens (including phenoxy) is 3. The van der Waals surface area contributed by atoms with Crippen LogP contribution in [0.4, 0.5) is 5.82 Å². The minimum atomic E-state index is -3.97. The van der Waals surface area contributed by atoms with E-state index in [1.54, 1.807) is 0 Å². The molecular formula is C29H56N3O7P. The van der Waals surface area contributed by atoms with Crippen molar-refractivity contribution in [2.75, 3.05) is 45.6 Å². The van der Waals surface area contributed by atoms with Crippen molar-refractivity contribution in [1.82, 2.24) is 9.55 Å². The lowest BCUT2D eigenvalue weighted by Crippen LogP contribution is -2.32. The summed E-state index contributed by atoms with van der Waals surface area (Å²) in [5, 5.41) is 0. The van der Waals surface area contributed by atoms with Crippen LogP contribution in [-0.2, 0) is 29.8 Å². The van der Waals surface area contributed by atoms with Crippen molar-refractivity contribution < 1.29 is 28.2 Å². The Labute approximate surface area is 241 Å². The third kappa shape index (κ3) is 20.6. The van der Waals surface area contributed by atoms with Gasteiger partial charge in [0.25, 0.3) is 0 Å². The van der Waals surface area contributed by atoms with E-state index in [0.29, 0.717) is 6.61 Å². The lowest BCUT2D eigenvalue weighted by molar-refractivity contribution is 0.0000723. The van der Waals surface area contributed by atoms with Gasteiger partial charge in [0.15, 0.2) is 0 Å². The molecule has 0 amide bonds. The zero-order chi connectivity index (χ0) is 29.3. The monoisotopic (exact) mass is 589 g/mol. The van der Waals surface area contributed by atoms with Crippen molar-refractivity contribution in [1.29, 1.82) is 0 Å². The number of hydrogen-bond acceptors (Lipinski definition) is 8. The highest BCUT2D eigenvalue weighted by Crippen LogP contribution is 2.41. The van der Waals surface area contributed by atoms with Gasteiger partial charge >= 0.3 is 13.3 Å². The van der Waals surface area contributed by atoms with E-state index in [-0.39, 0.29) is 32.2 Å². The molecule has 0 fully saturated rings. The van der Waals surface area contributed by atoms with Crippen LogP contribution in [0.3, 0.4) is 0 Å². The van der Waals surface area contributed by atoms with E-state index >= 15 is 0 Å². The molecule has 0 aliphatic rings. The standard InChI is InChI=1S/C29H56N3O7P/c1-3-4-5-6-7-8-9-10-11-12-13-14-15-16-17-18-21-37-22-23-39-40(34,35)26-38-27(25-36-2)24-32-20-19-28(30)31-29(32)33/h19-20,27H,3-18,21-26H2,1-2H3,(H,34,35)(H2,30,31,33)/t27-/m0/s1. The number of rotatable bonds is 28. The lowest BCUT2D eigenvalue weighted by Gasteiger charge is -2.20. The lowest BCUT2D eigenvalue weighted by atomic mass is 10.0. The number of nitrogen functional groups attached to an aromatic ring is 1. The molecule has 40 heavy (non-hydrogen) atoms. The van der Waals surface area contributed by atoms with E-state index in [2.05, 4.69) is 11.9 Å². The quantitative estimate of drug-likeness (QED) is 0.0853. The minimum absolute atomic E-state index is 0.00623. The Balaban J connectivity index is 1.97. The first-order chi connectivity index (χ1) is 19.4. The van der Waals surface area contributed by atoms with E-state index in [0.717, 1.165) is 12.8 Å². The number of nitrogens with zero attached hydrogens (tertiary/aromatic N) is 2. The fraction of sp³-hybridized carbons (Fsp3) is 0.862. The second-order valence-corrected chi connectivity index (χ2v) is 12.3. The van der Waals surface area contributed by atoms with Gasteiger partial charge in [-0.25, -0.2) is 4.79 Å². The Bertz CT molecular complexity index is 840. The Morgan fingerprint density at radius 2 is 1.45 bits per heavy atom. The van der Waals surface area contributed by atoms with Gasteiger partial charge in [-0.3, -0.25) is 9.13 Å². The molecule has 0 aliphatic heterocycles. The Hall–Kier alpha value is -1.29. The first kappa shape index (κ1) is 36.7. The fourth-order valence-electron chi connectivity index (χ4n) is 4.47. The molecule has 0 saturated heterocycles. The van der Waals surface area contributed by atoms with Gasteiger partial charge < -0.3 is 29.4 Å². The van der Waals surface area contributed by atoms with Crippen LogP contribution in [0.2, 0.25) is 0 Å². The van der Waals surface area contributed by atoms with Crippen molar-refractivity contribution in [3.63, 3.8) is 0 Å². The number of nitrogens with two attached hydrogens (primary N) is 1. The van der Waals surface area contributed by atoms with E-state index in [4.69, 9.17) is 24.5 Å². The Morgan fingerprint density at radius 1 is 0.900 bits per heavy atom. The molecule has 11 heteroatoms. The highest BCUT2D eigenvalue weighted by Gasteiger charge is 2.23. The number of hydrogen-bond donors (Lipinski definition) is 2. The predicted octanol–water partition coefficient (Wildman–Crippen LogP) is 6.29. The van der Waals surface area contributed by atoms with E-state index in [1.807, 2.05) is 0 Å². The minimum Gasteiger partial charge on any atom is -0.383 e. The molecule has 10 nitrogen and oxygen atoms in total. The highest BCUT2D eigenvalue weighted by molar-refractivity contribution is 7.52. The maximum Gasteiger partial charge on any atom is 0.353 e. The molecule has 0 radical (unpaired) electrons. The smallest absolute Gasteiger partial charge is 0.353 e. The summed E-state index contributed by atoms with van der Waals surface area (Å²) in [4.78, 5) is 25.6. The van der Waals surface area contributed by atoms with Gasteiger partial charge in [0.1, 0.15) is 12.2 Å². The third-order valence-electron chi connectivity index (χ3n) is 6.78. The molecule has 1 heterocycles. The summed E-state index contributed by atoms with van der Waals surface area (Å²) >= 11 is 0. The molecule has 1 aromatic heterocycles. The van der Waals surface area contributed by atoms with Crippen LogP contribution in [0, 0.1) is 0 Å². The number of unbranched alkanes of at least 4 members (excludes halogenated alkanes) is 15. The third-order valence-corrected chi connectivity index (χ3v) is 7.85. The summed E-state index contributed by atoms with van der Waals surface area (Å²) in [6.07, 6.45) is 21.6. The summed E-state index contributed by atoms with van der Waals surface area (Å²) in [5.74, 6) is 0.121. The SMILES string of the molecule is CCCCCCCCCCCCCCCCCCOCCOP(=O)(O)CO[C@H](COC)Cn1ccc(N)nc1=O. The summed E-state index contributed by atoms with van der Waals surface area (Å²) in [7, 11) is -2.49. The van der Waals surface area contributed by atoms with Crippen molar-refractivity contribution in [3.05, 3.63) is 22.7 Å². The van der Waals surface area contributed by atoms with E-state index in [9.17, 15) is 14.3 Å². The first-order valence-corrected chi connectivity index (χ1v) is 17.1. The molecule has 0 aliphatic carbocycles. The van der Waals surface area contributed by atoms with Crippen LogP contribution < -0.4 is 11.4 Å². The molecule has 0 bridgehead atoms. The number of methoxy groups -OCH3 is 1. The van der Waals surface area contributed by atoms with Crippen LogP contribution in [-0.4, -0.2) is 60.4 Å². The molecule has 0 saturated carbocycles. The van der Waals surface area contributed by atoms with Crippen LogP contribution >= 0.6 is 7.60 Å². The van der Waals surface area contributed by atoms with Gasteiger partial charge in [-0.15, -0.1) is 0 Å². The topological polar surface area (TPSA) is 135 Å². The van der Waals surface area contributed by atoms with Crippen molar-refractivity contribution in [3.8, 4) is 0 Å². The Morgan fingerprint density at radius 3 is 1.98 bits per heavy atom. The molecule has 1 aromatic rings. The maximum atomic E-state index is 12.3. The average Bonchev–Trinajstić information content (AvgIpc) is 2.92. The van der Waals surface area contributed by atoms with Gasteiger partial charge in [0, 0.05) is 19.9 Å². The van der Waals surface area contributed by atoms with Gasteiger partial charge in [-0.2, -0.15) is 4.98 Å². The summed E-state index contributed by atoms with van der Waals surface area (Å²) < 4.78 is 34.8. The zero-order valence-electron chi connectivity index (χ0n) is 25.1. The second kappa shape index (κ2) is 24.3. The van der Waals surface area contributed by atoms with Gasteiger partial charge in [0.2, 0.25) is 0 Å². The largest absolute Gasteiger partial charge is 0.383 e. The molecule has 1 unspecified atom stereocenters. The maximum absolute atomic E-state index is 12.3. The molecule has 0 aromatic carbocycles. The number of anilines is 1. The van der Waals surface area contributed by atoms with Crippen LogP contribution in [0.1, 0.15) is 110 Å². The molecular weight excluding hydrogens is 533 g/mol.